The lowest BCUT2D eigenvalue weighted by Gasteiger charge is -2.19. The first-order valence-corrected chi connectivity index (χ1v) is 7.59. The van der Waals surface area contributed by atoms with Crippen molar-refractivity contribution in [2.45, 2.75) is 6.29 Å². The van der Waals surface area contributed by atoms with E-state index in [0.29, 0.717) is 11.3 Å². The van der Waals surface area contributed by atoms with Gasteiger partial charge in [0.25, 0.3) is 6.29 Å². The van der Waals surface area contributed by atoms with Crippen molar-refractivity contribution in [3.63, 3.8) is 0 Å². The van der Waals surface area contributed by atoms with Crippen LogP contribution in [0.2, 0.25) is 0 Å². The van der Waals surface area contributed by atoms with E-state index in [9.17, 15) is 8.42 Å². The zero-order valence-electron chi connectivity index (χ0n) is 10.3. The van der Waals surface area contributed by atoms with Crippen molar-refractivity contribution in [2.75, 3.05) is 18.8 Å². The molecular formula is C11H13BrN2O4S. The fraction of sp³-hybridized carbons (Fsp3) is 0.273. The molecule has 2 rings (SSSR count). The molecule has 1 aromatic carbocycles. The van der Waals surface area contributed by atoms with Gasteiger partial charge in [-0.1, -0.05) is 15.9 Å². The summed E-state index contributed by atoms with van der Waals surface area (Å²) in [6.45, 7) is 0. The highest BCUT2D eigenvalue weighted by atomic mass is 79.9. The molecule has 0 amide bonds. The maximum atomic E-state index is 11.9. The van der Waals surface area contributed by atoms with Gasteiger partial charge in [-0.3, -0.25) is 4.72 Å². The lowest BCUT2D eigenvalue weighted by molar-refractivity contribution is -0.0240. The summed E-state index contributed by atoms with van der Waals surface area (Å²) >= 11 is 3.33. The number of hydrogen-bond donors (Lipinski definition) is 1. The van der Waals surface area contributed by atoms with Gasteiger partial charge in [-0.25, -0.2) is 0 Å². The Balaban J connectivity index is 2.35. The molecule has 0 spiro atoms. The first kappa shape index (κ1) is 14.2. The van der Waals surface area contributed by atoms with Crippen LogP contribution in [0.5, 0.6) is 0 Å². The van der Waals surface area contributed by atoms with Crippen molar-refractivity contribution >= 4 is 31.8 Å². The van der Waals surface area contributed by atoms with E-state index in [2.05, 4.69) is 20.7 Å². The van der Waals surface area contributed by atoms with Gasteiger partial charge in [0.2, 0.25) is 0 Å². The maximum absolute atomic E-state index is 11.9. The molecule has 6 nitrogen and oxygen atoms in total. The second kappa shape index (κ2) is 5.40. The zero-order chi connectivity index (χ0) is 14.0. The Morgan fingerprint density at radius 1 is 1.26 bits per heavy atom. The van der Waals surface area contributed by atoms with Crippen LogP contribution >= 0.6 is 15.9 Å². The minimum atomic E-state index is -3.58. The smallest absolute Gasteiger partial charge is 0.301 e. The Hall–Kier alpha value is -1.25. The average molecular weight is 349 g/mol. The third-order valence-electron chi connectivity index (χ3n) is 2.45. The van der Waals surface area contributed by atoms with Gasteiger partial charge in [-0.15, -0.1) is 0 Å². The lowest BCUT2D eigenvalue weighted by atomic mass is 10.2. The van der Waals surface area contributed by atoms with Gasteiger partial charge in [-0.05, 0) is 18.2 Å². The summed E-state index contributed by atoms with van der Waals surface area (Å²) in [7, 11) is -0.681. The van der Waals surface area contributed by atoms with Crippen LogP contribution in [-0.2, 0) is 19.7 Å². The van der Waals surface area contributed by atoms with Crippen molar-refractivity contribution in [2.24, 2.45) is 0 Å². The largest absolute Gasteiger partial charge is 0.455 e. The van der Waals surface area contributed by atoms with E-state index in [1.54, 1.807) is 18.2 Å². The highest BCUT2D eigenvalue weighted by molar-refractivity contribution is 9.10. The number of rotatable bonds is 4. The van der Waals surface area contributed by atoms with Gasteiger partial charge in [-0.2, -0.15) is 12.7 Å². The van der Waals surface area contributed by atoms with E-state index in [1.807, 2.05) is 0 Å². The van der Waals surface area contributed by atoms with Gasteiger partial charge in [0.15, 0.2) is 0 Å². The molecule has 1 aliphatic heterocycles. The van der Waals surface area contributed by atoms with Crippen molar-refractivity contribution in [3.8, 4) is 0 Å². The predicted molar refractivity (Wildman–Crippen MR) is 74.4 cm³/mol. The summed E-state index contributed by atoms with van der Waals surface area (Å²) in [4.78, 5) is 0. The Kier molecular flexibility index (Phi) is 4.02. The summed E-state index contributed by atoms with van der Waals surface area (Å²) < 4.78 is 38.6. The molecule has 0 saturated carbocycles. The van der Waals surface area contributed by atoms with E-state index in [0.717, 1.165) is 8.78 Å². The Morgan fingerprint density at radius 2 is 1.89 bits per heavy atom. The molecule has 1 heterocycles. The van der Waals surface area contributed by atoms with Crippen LogP contribution in [0.25, 0.3) is 0 Å². The Labute approximate surface area is 120 Å². The molecular weight excluding hydrogens is 336 g/mol. The molecule has 0 unspecified atom stereocenters. The van der Waals surface area contributed by atoms with Gasteiger partial charge < -0.3 is 9.47 Å². The standard InChI is InChI=1S/C11H13BrN2O4S/c1-14(2)19(15,16)13-10-4-3-8(12)7-9(10)11-17-5-6-18-11/h3-7,11,13H,1-2H3. The maximum Gasteiger partial charge on any atom is 0.301 e. The van der Waals surface area contributed by atoms with Crippen LogP contribution in [-0.4, -0.2) is 26.8 Å². The lowest BCUT2D eigenvalue weighted by Crippen LogP contribution is -2.29. The molecule has 1 aliphatic rings. The first-order chi connectivity index (χ1) is 8.90. The molecule has 8 heteroatoms. The molecule has 104 valence electrons. The van der Waals surface area contributed by atoms with Gasteiger partial charge in [0, 0.05) is 18.6 Å². The summed E-state index contributed by atoms with van der Waals surface area (Å²) in [5.74, 6) is 0. The summed E-state index contributed by atoms with van der Waals surface area (Å²) in [6.07, 6.45) is 2.17. The SMILES string of the molecule is CN(C)S(=O)(=O)Nc1ccc(Br)cc1C1OC=CO1. The molecule has 0 aromatic heterocycles. The van der Waals surface area contributed by atoms with Crippen LogP contribution in [0.1, 0.15) is 11.9 Å². The Bertz CT molecular complexity index is 593. The molecule has 0 aliphatic carbocycles. The molecule has 0 atom stereocenters. The molecule has 1 aromatic rings. The summed E-state index contributed by atoms with van der Waals surface area (Å²) in [5, 5.41) is 0. The van der Waals surface area contributed by atoms with Gasteiger partial charge in [0.1, 0.15) is 12.5 Å². The number of hydrogen-bond acceptors (Lipinski definition) is 4. The molecule has 0 bridgehead atoms. The van der Waals surface area contributed by atoms with Crippen LogP contribution < -0.4 is 4.72 Å². The zero-order valence-corrected chi connectivity index (χ0v) is 12.7. The molecule has 0 fully saturated rings. The van der Waals surface area contributed by atoms with Crippen LogP contribution in [0.15, 0.2) is 35.2 Å². The quantitative estimate of drug-likeness (QED) is 0.905. The average Bonchev–Trinajstić information content (AvgIpc) is 2.84. The fourth-order valence-electron chi connectivity index (χ4n) is 1.44. The van der Waals surface area contributed by atoms with Crippen LogP contribution in [0.3, 0.4) is 0 Å². The molecule has 1 N–H and O–H groups in total. The number of nitrogens with zero attached hydrogens (tertiary/aromatic N) is 1. The number of nitrogens with one attached hydrogen (secondary N) is 1. The van der Waals surface area contributed by atoms with Crippen molar-refractivity contribution in [1.29, 1.82) is 0 Å². The van der Waals surface area contributed by atoms with E-state index in [-0.39, 0.29) is 0 Å². The van der Waals surface area contributed by atoms with E-state index >= 15 is 0 Å². The van der Waals surface area contributed by atoms with Crippen molar-refractivity contribution in [1.82, 2.24) is 4.31 Å². The molecule has 0 radical (unpaired) electrons. The first-order valence-electron chi connectivity index (χ1n) is 5.36. The fourth-order valence-corrected chi connectivity index (χ4v) is 2.46. The number of anilines is 1. The highest BCUT2D eigenvalue weighted by Gasteiger charge is 2.23. The minimum absolute atomic E-state index is 0.408. The number of halogens is 1. The number of ether oxygens (including phenoxy) is 2. The Morgan fingerprint density at radius 3 is 2.47 bits per heavy atom. The van der Waals surface area contributed by atoms with Crippen LogP contribution in [0, 0.1) is 0 Å². The van der Waals surface area contributed by atoms with E-state index < -0.39 is 16.5 Å². The third kappa shape index (κ3) is 3.20. The summed E-state index contributed by atoms with van der Waals surface area (Å²) in [5.41, 5.74) is 0.996. The van der Waals surface area contributed by atoms with E-state index in [1.165, 1.54) is 26.6 Å². The van der Waals surface area contributed by atoms with Crippen LogP contribution in [0.4, 0.5) is 5.69 Å². The second-order valence-corrected chi connectivity index (χ2v) is 6.80. The van der Waals surface area contributed by atoms with Crippen molar-refractivity contribution < 1.29 is 17.9 Å². The second-order valence-electron chi connectivity index (χ2n) is 4.00. The highest BCUT2D eigenvalue weighted by Crippen LogP contribution is 2.33. The topological polar surface area (TPSA) is 67.9 Å². The van der Waals surface area contributed by atoms with Crippen molar-refractivity contribution in [3.05, 3.63) is 40.8 Å². The normalized spacial score (nSPS) is 15.4. The predicted octanol–water partition coefficient (Wildman–Crippen LogP) is 2.18. The molecule has 0 saturated heterocycles. The van der Waals surface area contributed by atoms with E-state index in [4.69, 9.17) is 9.47 Å². The number of benzene rings is 1. The van der Waals surface area contributed by atoms with Gasteiger partial charge >= 0.3 is 10.2 Å². The monoisotopic (exact) mass is 348 g/mol. The molecule has 19 heavy (non-hydrogen) atoms. The minimum Gasteiger partial charge on any atom is -0.455 e. The summed E-state index contributed by atoms with van der Waals surface area (Å²) in [6, 6.07) is 5.12. The van der Waals surface area contributed by atoms with Gasteiger partial charge in [0.05, 0.1) is 11.3 Å². The third-order valence-corrected chi connectivity index (χ3v) is 4.38.